The van der Waals surface area contributed by atoms with E-state index in [1.807, 2.05) is 12.1 Å². The Labute approximate surface area is 103 Å². The molecule has 1 unspecified atom stereocenters. The van der Waals surface area contributed by atoms with E-state index in [0.717, 1.165) is 5.56 Å². The van der Waals surface area contributed by atoms with Crippen molar-refractivity contribution in [1.82, 2.24) is 5.32 Å². The fraction of sp³-hybridized carbons (Fsp3) is 0.571. The fourth-order valence-corrected chi connectivity index (χ4v) is 1.78. The summed E-state index contributed by atoms with van der Waals surface area (Å²) in [7, 11) is 1.71. The van der Waals surface area contributed by atoms with Crippen molar-refractivity contribution in [2.24, 2.45) is 5.92 Å². The average molecular weight is 239 g/mol. The van der Waals surface area contributed by atoms with Crippen molar-refractivity contribution >= 4 is 0 Å². The van der Waals surface area contributed by atoms with E-state index in [2.05, 4.69) is 26.1 Å². The summed E-state index contributed by atoms with van der Waals surface area (Å²) in [5.41, 5.74) is 1.09. The number of nitrogens with one attached hydrogen (secondary N) is 1. The van der Waals surface area contributed by atoms with Gasteiger partial charge in [-0.25, -0.2) is 4.39 Å². The minimum absolute atomic E-state index is 0.193. The second kappa shape index (κ2) is 6.72. The number of benzene rings is 1. The zero-order valence-electron chi connectivity index (χ0n) is 11.0. The smallest absolute Gasteiger partial charge is 0.123 e. The van der Waals surface area contributed by atoms with Gasteiger partial charge in [0.15, 0.2) is 0 Å². The number of rotatable bonds is 6. The molecule has 0 aliphatic heterocycles. The number of methoxy groups -OCH3 is 1. The van der Waals surface area contributed by atoms with E-state index in [1.54, 1.807) is 7.11 Å². The van der Waals surface area contributed by atoms with E-state index in [0.29, 0.717) is 18.6 Å². The Morgan fingerprint density at radius 2 is 1.76 bits per heavy atom. The van der Waals surface area contributed by atoms with Crippen LogP contribution in [0.1, 0.15) is 32.4 Å². The Hall–Kier alpha value is -0.930. The largest absolute Gasteiger partial charge is 0.383 e. The van der Waals surface area contributed by atoms with Gasteiger partial charge in [0.1, 0.15) is 5.82 Å². The van der Waals surface area contributed by atoms with Gasteiger partial charge in [-0.15, -0.1) is 0 Å². The van der Waals surface area contributed by atoms with Crippen LogP contribution in [0, 0.1) is 11.7 Å². The predicted octanol–water partition coefficient (Wildman–Crippen LogP) is 3.15. The van der Waals surface area contributed by atoms with Gasteiger partial charge in [-0.05, 0) is 30.5 Å². The molecule has 0 saturated heterocycles. The highest BCUT2D eigenvalue weighted by molar-refractivity contribution is 5.19. The van der Waals surface area contributed by atoms with Gasteiger partial charge in [0, 0.05) is 19.2 Å². The van der Waals surface area contributed by atoms with Gasteiger partial charge in [-0.3, -0.25) is 0 Å². The summed E-state index contributed by atoms with van der Waals surface area (Å²) in [6, 6.07) is 7.12. The zero-order chi connectivity index (χ0) is 12.8. The predicted molar refractivity (Wildman–Crippen MR) is 68.5 cm³/mol. The van der Waals surface area contributed by atoms with E-state index < -0.39 is 0 Å². The third-order valence-electron chi connectivity index (χ3n) is 2.99. The second-order valence-electron chi connectivity index (χ2n) is 4.75. The molecule has 2 nitrogen and oxygen atoms in total. The standard InChI is InChI=1S/C14H22FNO/c1-10(2)14(9-17-4)16-11(3)12-5-7-13(15)8-6-12/h5-8,10-11,14,16H,9H2,1-4H3/t11-,14?/m0/s1. The van der Waals surface area contributed by atoms with Crippen LogP contribution in [0.3, 0.4) is 0 Å². The van der Waals surface area contributed by atoms with Crippen LogP contribution >= 0.6 is 0 Å². The number of ether oxygens (including phenoxy) is 1. The van der Waals surface area contributed by atoms with Crippen LogP contribution in [-0.4, -0.2) is 19.8 Å². The summed E-state index contributed by atoms with van der Waals surface area (Å²) in [4.78, 5) is 0. The maximum atomic E-state index is 12.8. The Kier molecular flexibility index (Phi) is 5.59. The third kappa shape index (κ3) is 4.44. The molecule has 96 valence electrons. The third-order valence-corrected chi connectivity index (χ3v) is 2.99. The lowest BCUT2D eigenvalue weighted by Crippen LogP contribution is -2.39. The Bertz CT molecular complexity index is 323. The maximum Gasteiger partial charge on any atom is 0.123 e. The van der Waals surface area contributed by atoms with E-state index in [4.69, 9.17) is 4.74 Å². The Balaban J connectivity index is 2.63. The van der Waals surface area contributed by atoms with Crippen LogP contribution in [0.2, 0.25) is 0 Å². The first-order chi connectivity index (χ1) is 8.04. The molecule has 0 amide bonds. The maximum absolute atomic E-state index is 12.8. The van der Waals surface area contributed by atoms with Gasteiger partial charge in [0.2, 0.25) is 0 Å². The lowest BCUT2D eigenvalue weighted by Gasteiger charge is -2.26. The van der Waals surface area contributed by atoms with Gasteiger partial charge >= 0.3 is 0 Å². The normalized spacial score (nSPS) is 14.9. The van der Waals surface area contributed by atoms with Crippen LogP contribution < -0.4 is 5.32 Å². The van der Waals surface area contributed by atoms with Gasteiger partial charge in [0.05, 0.1) is 6.61 Å². The van der Waals surface area contributed by atoms with Crippen molar-refractivity contribution in [2.75, 3.05) is 13.7 Å². The molecule has 17 heavy (non-hydrogen) atoms. The molecule has 0 aliphatic rings. The zero-order valence-corrected chi connectivity index (χ0v) is 11.0. The first kappa shape index (κ1) is 14.1. The van der Waals surface area contributed by atoms with Crippen LogP contribution in [0.25, 0.3) is 0 Å². The van der Waals surface area contributed by atoms with E-state index >= 15 is 0 Å². The highest BCUT2D eigenvalue weighted by Gasteiger charge is 2.16. The topological polar surface area (TPSA) is 21.3 Å². The lowest BCUT2D eigenvalue weighted by atomic mass is 10.0. The van der Waals surface area contributed by atoms with Crippen LogP contribution in [0.15, 0.2) is 24.3 Å². The second-order valence-corrected chi connectivity index (χ2v) is 4.75. The van der Waals surface area contributed by atoms with Crippen molar-refractivity contribution in [3.05, 3.63) is 35.6 Å². The molecular weight excluding hydrogens is 217 g/mol. The quantitative estimate of drug-likeness (QED) is 0.823. The fourth-order valence-electron chi connectivity index (χ4n) is 1.78. The van der Waals surface area contributed by atoms with Gasteiger partial charge < -0.3 is 10.1 Å². The summed E-state index contributed by atoms with van der Waals surface area (Å²) in [6.07, 6.45) is 0. The van der Waals surface area contributed by atoms with Crippen LogP contribution in [-0.2, 0) is 4.74 Å². The first-order valence-corrected chi connectivity index (χ1v) is 6.05. The SMILES string of the molecule is COCC(N[C@@H](C)c1ccc(F)cc1)C(C)C. The number of hydrogen-bond donors (Lipinski definition) is 1. The van der Waals surface area contributed by atoms with E-state index in [-0.39, 0.29) is 11.9 Å². The molecule has 1 aromatic carbocycles. The van der Waals surface area contributed by atoms with Gasteiger partial charge in [-0.1, -0.05) is 26.0 Å². The summed E-state index contributed by atoms with van der Waals surface area (Å²) in [5, 5.41) is 3.51. The minimum Gasteiger partial charge on any atom is -0.383 e. The highest BCUT2D eigenvalue weighted by atomic mass is 19.1. The summed E-state index contributed by atoms with van der Waals surface area (Å²) in [5.74, 6) is 0.302. The molecule has 3 heteroatoms. The molecule has 0 heterocycles. The molecule has 1 aromatic rings. The molecule has 2 atom stereocenters. The summed E-state index contributed by atoms with van der Waals surface area (Å²) < 4.78 is 18.0. The van der Waals surface area contributed by atoms with Crippen LogP contribution in [0.4, 0.5) is 4.39 Å². The van der Waals surface area contributed by atoms with E-state index in [1.165, 1.54) is 12.1 Å². The molecule has 0 aromatic heterocycles. The van der Waals surface area contributed by atoms with Crippen molar-refractivity contribution in [3.8, 4) is 0 Å². The number of hydrogen-bond acceptors (Lipinski definition) is 2. The van der Waals surface area contributed by atoms with Crippen molar-refractivity contribution in [3.63, 3.8) is 0 Å². The highest BCUT2D eigenvalue weighted by Crippen LogP contribution is 2.15. The first-order valence-electron chi connectivity index (χ1n) is 6.05. The molecule has 0 bridgehead atoms. The molecule has 1 rings (SSSR count). The summed E-state index contributed by atoms with van der Waals surface area (Å²) in [6.45, 7) is 7.09. The molecular formula is C14H22FNO. The molecule has 0 fully saturated rings. The Morgan fingerprint density at radius 1 is 1.18 bits per heavy atom. The molecule has 1 N–H and O–H groups in total. The van der Waals surface area contributed by atoms with Crippen molar-refractivity contribution < 1.29 is 9.13 Å². The van der Waals surface area contributed by atoms with Crippen molar-refractivity contribution in [1.29, 1.82) is 0 Å². The van der Waals surface area contributed by atoms with E-state index in [9.17, 15) is 4.39 Å². The molecule has 0 aliphatic carbocycles. The molecule has 0 radical (unpaired) electrons. The lowest BCUT2D eigenvalue weighted by molar-refractivity contribution is 0.141. The van der Waals surface area contributed by atoms with Gasteiger partial charge in [0.25, 0.3) is 0 Å². The van der Waals surface area contributed by atoms with Crippen LogP contribution in [0.5, 0.6) is 0 Å². The monoisotopic (exact) mass is 239 g/mol. The Morgan fingerprint density at radius 3 is 2.24 bits per heavy atom. The van der Waals surface area contributed by atoms with Gasteiger partial charge in [-0.2, -0.15) is 0 Å². The van der Waals surface area contributed by atoms with Crippen molar-refractivity contribution in [2.45, 2.75) is 32.9 Å². The average Bonchev–Trinajstić information content (AvgIpc) is 2.29. The minimum atomic E-state index is -0.196. The molecule has 0 spiro atoms. The molecule has 0 saturated carbocycles. The number of halogens is 1. The summed E-state index contributed by atoms with van der Waals surface area (Å²) >= 11 is 0.